The average molecular weight is 394 g/mol. The molecule has 2 rings (SSSR count). The lowest BCUT2D eigenvalue weighted by Gasteiger charge is -2.09. The highest BCUT2D eigenvalue weighted by atomic mass is 16.5. The summed E-state index contributed by atoms with van der Waals surface area (Å²) in [5, 5.41) is 31.1. The maximum absolute atomic E-state index is 12.2. The Morgan fingerprint density at radius 2 is 1.76 bits per heavy atom. The number of aromatic hydroxyl groups is 2. The van der Waals surface area contributed by atoms with E-state index in [-0.39, 0.29) is 28.6 Å². The molecule has 29 heavy (non-hydrogen) atoms. The molecule has 7 heteroatoms. The van der Waals surface area contributed by atoms with Crippen LogP contribution in [-0.4, -0.2) is 36.9 Å². The molecule has 0 saturated carbocycles. The van der Waals surface area contributed by atoms with Gasteiger partial charge in [0.2, 0.25) is 5.75 Å². The maximum atomic E-state index is 12.2. The molecule has 0 atom stereocenters. The Hall–Kier alpha value is -3.92. The fraction of sp³-hybridized carbons (Fsp3) is 0.182. The number of nitrogens with one attached hydrogen (secondary N) is 1. The Morgan fingerprint density at radius 3 is 2.31 bits per heavy atom. The number of nitrogens with zero attached hydrogens (tertiary/aromatic N) is 1. The molecule has 7 nitrogen and oxygen atoms in total. The predicted molar refractivity (Wildman–Crippen MR) is 109 cm³/mol. The number of ether oxygens (including phenoxy) is 2. The largest absolute Gasteiger partial charge is 0.508 e. The second-order valence-electron chi connectivity index (χ2n) is 6.00. The lowest BCUT2D eigenvalue weighted by atomic mass is 10.1. The van der Waals surface area contributed by atoms with Gasteiger partial charge in [-0.2, -0.15) is 5.26 Å². The molecule has 150 valence electrons. The third-order valence-electron chi connectivity index (χ3n) is 4.05. The van der Waals surface area contributed by atoms with Crippen LogP contribution in [-0.2, 0) is 11.2 Å². The quantitative estimate of drug-likeness (QED) is 0.361. The summed E-state index contributed by atoms with van der Waals surface area (Å²) in [6.45, 7) is 0.360. The zero-order chi connectivity index (χ0) is 21.2. The molecule has 0 heterocycles. The first-order valence-electron chi connectivity index (χ1n) is 8.78. The van der Waals surface area contributed by atoms with Gasteiger partial charge in [0.05, 0.1) is 14.2 Å². The summed E-state index contributed by atoms with van der Waals surface area (Å²) in [5.74, 6) is 0.106. The van der Waals surface area contributed by atoms with Crippen molar-refractivity contribution in [2.75, 3.05) is 20.8 Å². The van der Waals surface area contributed by atoms with E-state index in [1.54, 1.807) is 48.6 Å². The number of methoxy groups -OCH3 is 2. The highest BCUT2D eigenvalue weighted by Gasteiger charge is 2.10. The number of hydrogen-bond acceptors (Lipinski definition) is 6. The van der Waals surface area contributed by atoms with Gasteiger partial charge < -0.3 is 25.0 Å². The predicted octanol–water partition coefficient (Wildman–Crippen LogP) is 2.94. The normalized spacial score (nSPS) is 11.1. The third kappa shape index (κ3) is 6.04. The number of phenols is 2. The Balaban J connectivity index is 2.00. The van der Waals surface area contributed by atoms with Gasteiger partial charge in [-0.1, -0.05) is 24.3 Å². The topological polar surface area (TPSA) is 112 Å². The molecule has 0 spiro atoms. The minimum atomic E-state index is -0.475. The highest BCUT2D eigenvalue weighted by Crippen LogP contribution is 2.37. The number of benzene rings is 2. The summed E-state index contributed by atoms with van der Waals surface area (Å²) in [6.07, 6.45) is 5.20. The van der Waals surface area contributed by atoms with E-state index in [0.717, 1.165) is 5.56 Å². The number of allylic oxidation sites excluding steroid dienone is 2. The van der Waals surface area contributed by atoms with Crippen LogP contribution in [0.5, 0.6) is 23.0 Å². The Labute approximate surface area is 169 Å². The Bertz CT molecular complexity index is 931. The molecule has 0 aromatic heterocycles. The maximum Gasteiger partial charge on any atom is 0.261 e. The first-order chi connectivity index (χ1) is 14.0. The van der Waals surface area contributed by atoms with Crippen LogP contribution in [0.2, 0.25) is 0 Å². The number of amides is 1. The first-order valence-corrected chi connectivity index (χ1v) is 8.78. The van der Waals surface area contributed by atoms with Gasteiger partial charge in [-0.3, -0.25) is 4.79 Å². The van der Waals surface area contributed by atoms with Crippen molar-refractivity contribution in [2.24, 2.45) is 0 Å². The monoisotopic (exact) mass is 394 g/mol. The van der Waals surface area contributed by atoms with Gasteiger partial charge in [0.25, 0.3) is 5.91 Å². The number of phenolic OH excluding ortho intramolecular Hbond substituents is 2. The van der Waals surface area contributed by atoms with Crippen LogP contribution in [0.15, 0.2) is 54.1 Å². The van der Waals surface area contributed by atoms with Gasteiger partial charge in [0, 0.05) is 6.54 Å². The third-order valence-corrected chi connectivity index (χ3v) is 4.05. The first kappa shape index (κ1) is 21.4. The molecule has 0 aliphatic carbocycles. The van der Waals surface area contributed by atoms with E-state index in [1.165, 1.54) is 20.3 Å². The summed E-state index contributed by atoms with van der Waals surface area (Å²) < 4.78 is 10.2. The van der Waals surface area contributed by atoms with E-state index in [9.17, 15) is 20.3 Å². The van der Waals surface area contributed by atoms with E-state index in [1.807, 2.05) is 6.07 Å². The number of rotatable bonds is 8. The minimum Gasteiger partial charge on any atom is -0.508 e. The fourth-order valence-electron chi connectivity index (χ4n) is 2.51. The SMILES string of the molecule is COc1cc(/C=C/C=C(\C#N)C(=O)NCCc2ccc(O)cc2)cc(OC)c1O. The van der Waals surface area contributed by atoms with E-state index in [2.05, 4.69) is 5.32 Å². The van der Waals surface area contributed by atoms with Crippen molar-refractivity contribution < 1.29 is 24.5 Å². The van der Waals surface area contributed by atoms with Crippen molar-refractivity contribution in [3.05, 3.63) is 65.3 Å². The fourth-order valence-corrected chi connectivity index (χ4v) is 2.51. The average Bonchev–Trinajstić information content (AvgIpc) is 2.73. The molecular weight excluding hydrogens is 372 g/mol. The van der Waals surface area contributed by atoms with Crippen LogP contribution in [0.1, 0.15) is 11.1 Å². The van der Waals surface area contributed by atoms with Crippen LogP contribution >= 0.6 is 0 Å². The van der Waals surface area contributed by atoms with Crippen LogP contribution < -0.4 is 14.8 Å². The summed E-state index contributed by atoms with van der Waals surface area (Å²) in [4.78, 5) is 12.2. The second-order valence-corrected chi connectivity index (χ2v) is 6.00. The van der Waals surface area contributed by atoms with E-state index < -0.39 is 5.91 Å². The van der Waals surface area contributed by atoms with E-state index in [4.69, 9.17) is 9.47 Å². The van der Waals surface area contributed by atoms with Crippen molar-refractivity contribution in [2.45, 2.75) is 6.42 Å². The zero-order valence-electron chi connectivity index (χ0n) is 16.2. The highest BCUT2D eigenvalue weighted by molar-refractivity contribution is 5.97. The molecule has 0 radical (unpaired) electrons. The summed E-state index contributed by atoms with van der Waals surface area (Å²) in [7, 11) is 2.86. The molecule has 0 aliphatic heterocycles. The van der Waals surface area contributed by atoms with Crippen molar-refractivity contribution in [3.63, 3.8) is 0 Å². The number of carbonyl (C=O) groups excluding carboxylic acids is 1. The van der Waals surface area contributed by atoms with Gasteiger partial charge in [-0.05, 0) is 47.9 Å². The van der Waals surface area contributed by atoms with Gasteiger partial charge in [0.1, 0.15) is 17.4 Å². The van der Waals surface area contributed by atoms with Crippen molar-refractivity contribution in [3.8, 4) is 29.1 Å². The summed E-state index contributed by atoms with van der Waals surface area (Å²) in [5.41, 5.74) is 1.59. The van der Waals surface area contributed by atoms with Gasteiger partial charge in [0.15, 0.2) is 11.5 Å². The second kappa shape index (κ2) is 10.4. The number of carbonyl (C=O) groups is 1. The van der Waals surface area contributed by atoms with Crippen LogP contribution in [0.3, 0.4) is 0 Å². The standard InChI is InChI=1S/C22H22N2O5/c1-28-19-12-16(13-20(29-2)21(19)26)4-3-5-17(14-23)22(27)24-11-10-15-6-8-18(25)9-7-15/h3-9,12-13,25-26H,10-11H2,1-2H3,(H,24,27)/b4-3+,17-5+. The smallest absolute Gasteiger partial charge is 0.261 e. The van der Waals surface area contributed by atoms with E-state index in [0.29, 0.717) is 18.5 Å². The molecule has 0 aliphatic rings. The molecular formula is C22H22N2O5. The van der Waals surface area contributed by atoms with Crippen molar-refractivity contribution in [1.82, 2.24) is 5.32 Å². The summed E-state index contributed by atoms with van der Waals surface area (Å²) >= 11 is 0. The molecule has 3 N–H and O–H groups in total. The molecule has 0 saturated heterocycles. The lowest BCUT2D eigenvalue weighted by Crippen LogP contribution is -2.26. The number of hydrogen-bond donors (Lipinski definition) is 3. The van der Waals surface area contributed by atoms with Crippen LogP contribution in [0.25, 0.3) is 6.08 Å². The molecule has 1 amide bonds. The summed E-state index contributed by atoms with van der Waals surface area (Å²) in [6, 6.07) is 11.8. The molecule has 0 unspecified atom stereocenters. The molecule has 0 fully saturated rings. The van der Waals surface area contributed by atoms with Crippen molar-refractivity contribution in [1.29, 1.82) is 5.26 Å². The van der Waals surface area contributed by atoms with Gasteiger partial charge in [-0.25, -0.2) is 0 Å². The molecule has 2 aromatic rings. The van der Waals surface area contributed by atoms with Crippen molar-refractivity contribution >= 4 is 12.0 Å². The Kier molecular flexibility index (Phi) is 7.68. The number of nitriles is 1. The lowest BCUT2D eigenvalue weighted by molar-refractivity contribution is -0.117. The van der Waals surface area contributed by atoms with Gasteiger partial charge in [-0.15, -0.1) is 0 Å². The molecule has 2 aromatic carbocycles. The Morgan fingerprint density at radius 1 is 1.14 bits per heavy atom. The van der Waals surface area contributed by atoms with Crippen LogP contribution in [0, 0.1) is 11.3 Å². The van der Waals surface area contributed by atoms with Crippen LogP contribution in [0.4, 0.5) is 0 Å². The van der Waals surface area contributed by atoms with Gasteiger partial charge >= 0.3 is 0 Å². The minimum absolute atomic E-state index is 0.0373. The van der Waals surface area contributed by atoms with E-state index >= 15 is 0 Å². The zero-order valence-corrected chi connectivity index (χ0v) is 16.2. The molecule has 0 bridgehead atoms.